The van der Waals surface area contributed by atoms with E-state index in [-0.39, 0.29) is 18.5 Å². The van der Waals surface area contributed by atoms with E-state index in [0.29, 0.717) is 13.2 Å². The van der Waals surface area contributed by atoms with Gasteiger partial charge in [0.25, 0.3) is 0 Å². The van der Waals surface area contributed by atoms with Gasteiger partial charge in [-0.2, -0.15) is 0 Å². The highest BCUT2D eigenvalue weighted by Crippen LogP contribution is 2.08. The Labute approximate surface area is 137 Å². The van der Waals surface area contributed by atoms with Gasteiger partial charge < -0.3 is 14.8 Å². The molecule has 0 bridgehead atoms. The normalized spacial score (nSPS) is 11.5. The van der Waals surface area contributed by atoms with Crippen molar-refractivity contribution in [2.75, 3.05) is 13.2 Å². The van der Waals surface area contributed by atoms with E-state index in [0.717, 1.165) is 11.1 Å². The van der Waals surface area contributed by atoms with Crippen molar-refractivity contribution in [1.29, 1.82) is 0 Å². The monoisotopic (exact) mass is 319 g/mol. The fraction of sp³-hybridized carbons (Fsp3) is 0.444. The van der Waals surface area contributed by atoms with Crippen molar-refractivity contribution >= 4 is 18.0 Å². The first-order valence-electron chi connectivity index (χ1n) is 7.66. The van der Waals surface area contributed by atoms with Crippen LogP contribution in [0.25, 0.3) is 6.08 Å². The minimum atomic E-state index is -0.467. The predicted octanol–water partition coefficient (Wildman–Crippen LogP) is 2.69. The maximum absolute atomic E-state index is 11.6. The lowest BCUT2D eigenvalue weighted by atomic mass is 10.1. The molecule has 0 radical (unpaired) electrons. The molecule has 0 aromatic heterocycles. The van der Waals surface area contributed by atoms with Gasteiger partial charge in [-0.05, 0) is 44.9 Å². The summed E-state index contributed by atoms with van der Waals surface area (Å²) in [6.07, 6.45) is 3.11. The number of ether oxygens (including phenoxy) is 2. The summed E-state index contributed by atoms with van der Waals surface area (Å²) in [7, 11) is 0. The van der Waals surface area contributed by atoms with Gasteiger partial charge in [0.1, 0.15) is 5.60 Å². The van der Waals surface area contributed by atoms with E-state index in [9.17, 15) is 9.59 Å². The molecule has 5 nitrogen and oxygen atoms in total. The first kappa shape index (κ1) is 18.9. The molecule has 0 saturated carbocycles. The second-order valence-corrected chi connectivity index (χ2v) is 6.02. The zero-order chi connectivity index (χ0) is 17.3. The molecule has 0 amide bonds. The summed E-state index contributed by atoms with van der Waals surface area (Å²) in [5.74, 6) is -0.623. The highest BCUT2D eigenvalue weighted by Gasteiger charge is 2.15. The first-order valence-corrected chi connectivity index (χ1v) is 7.66. The molecule has 0 aliphatic rings. The van der Waals surface area contributed by atoms with E-state index in [1.807, 2.05) is 45.0 Å². The van der Waals surface area contributed by atoms with Gasteiger partial charge in [-0.1, -0.05) is 24.3 Å². The van der Waals surface area contributed by atoms with Crippen molar-refractivity contribution in [2.24, 2.45) is 0 Å². The Morgan fingerprint density at radius 3 is 2.39 bits per heavy atom. The van der Waals surface area contributed by atoms with Gasteiger partial charge in [0.05, 0.1) is 13.2 Å². The Balaban J connectivity index is 2.40. The summed E-state index contributed by atoms with van der Waals surface area (Å²) < 4.78 is 10.0. The van der Waals surface area contributed by atoms with E-state index in [1.54, 1.807) is 13.0 Å². The van der Waals surface area contributed by atoms with Crippen LogP contribution >= 0.6 is 0 Å². The Kier molecular flexibility index (Phi) is 7.48. The van der Waals surface area contributed by atoms with E-state index in [4.69, 9.17) is 9.47 Å². The quantitative estimate of drug-likeness (QED) is 0.618. The van der Waals surface area contributed by atoms with Gasteiger partial charge in [0.2, 0.25) is 0 Å². The standard InChI is InChI=1S/C18H25NO4/c1-5-22-16(20)11-10-14-6-8-15(9-7-14)12-19-13-17(21)23-18(2,3)4/h6-11,19H,5,12-13H2,1-4H3/b11-10+. The molecule has 0 spiro atoms. The maximum Gasteiger partial charge on any atom is 0.330 e. The van der Waals surface area contributed by atoms with Crippen molar-refractivity contribution < 1.29 is 19.1 Å². The van der Waals surface area contributed by atoms with Crippen LogP contribution in [0.2, 0.25) is 0 Å². The summed E-state index contributed by atoms with van der Waals surface area (Å²) in [4.78, 5) is 22.8. The molecule has 0 aliphatic carbocycles. The minimum Gasteiger partial charge on any atom is -0.463 e. The number of carbonyl (C=O) groups is 2. The lowest BCUT2D eigenvalue weighted by Gasteiger charge is -2.19. The lowest BCUT2D eigenvalue weighted by Crippen LogP contribution is -2.31. The zero-order valence-corrected chi connectivity index (χ0v) is 14.2. The van der Waals surface area contributed by atoms with Crippen LogP contribution in [-0.2, 0) is 25.6 Å². The van der Waals surface area contributed by atoms with Gasteiger partial charge in [-0.3, -0.25) is 4.79 Å². The topological polar surface area (TPSA) is 64.6 Å². The molecule has 126 valence electrons. The number of hydrogen-bond acceptors (Lipinski definition) is 5. The maximum atomic E-state index is 11.6. The van der Waals surface area contributed by atoms with Crippen molar-refractivity contribution in [3.8, 4) is 0 Å². The Hall–Kier alpha value is -2.14. The summed E-state index contributed by atoms with van der Waals surface area (Å²) in [6.45, 7) is 8.40. The van der Waals surface area contributed by atoms with E-state index in [2.05, 4.69) is 5.32 Å². The minimum absolute atomic E-state index is 0.168. The van der Waals surface area contributed by atoms with Gasteiger partial charge in [0, 0.05) is 12.6 Å². The van der Waals surface area contributed by atoms with Crippen LogP contribution in [0.1, 0.15) is 38.8 Å². The largest absolute Gasteiger partial charge is 0.463 e. The molecule has 1 N–H and O–H groups in total. The van der Waals surface area contributed by atoms with Gasteiger partial charge in [-0.25, -0.2) is 4.79 Å². The molecular weight excluding hydrogens is 294 g/mol. The zero-order valence-electron chi connectivity index (χ0n) is 14.2. The first-order chi connectivity index (χ1) is 10.8. The summed E-state index contributed by atoms with van der Waals surface area (Å²) in [6, 6.07) is 7.68. The number of esters is 2. The molecule has 0 heterocycles. The average molecular weight is 319 g/mol. The van der Waals surface area contributed by atoms with E-state index < -0.39 is 5.60 Å². The SMILES string of the molecule is CCOC(=O)/C=C/c1ccc(CNCC(=O)OC(C)(C)C)cc1. The number of carbonyl (C=O) groups excluding carboxylic acids is 2. The molecule has 1 aromatic carbocycles. The third kappa shape index (κ3) is 8.78. The third-order valence-corrected chi connectivity index (χ3v) is 2.70. The van der Waals surface area contributed by atoms with Crippen LogP contribution in [0.5, 0.6) is 0 Å². The fourth-order valence-corrected chi connectivity index (χ4v) is 1.79. The second kappa shape index (κ2) is 9.10. The van der Waals surface area contributed by atoms with Crippen molar-refractivity contribution in [3.05, 3.63) is 41.5 Å². The predicted molar refractivity (Wildman–Crippen MR) is 89.7 cm³/mol. The molecule has 0 aliphatic heterocycles. The van der Waals surface area contributed by atoms with E-state index in [1.165, 1.54) is 6.08 Å². The van der Waals surface area contributed by atoms with Gasteiger partial charge in [-0.15, -0.1) is 0 Å². The third-order valence-electron chi connectivity index (χ3n) is 2.70. The van der Waals surface area contributed by atoms with Crippen LogP contribution in [0.3, 0.4) is 0 Å². The summed E-state index contributed by atoms with van der Waals surface area (Å²) in [5.41, 5.74) is 1.49. The molecule has 5 heteroatoms. The summed E-state index contributed by atoms with van der Waals surface area (Å²) in [5, 5.41) is 3.04. The second-order valence-electron chi connectivity index (χ2n) is 6.02. The number of hydrogen-bond donors (Lipinski definition) is 1. The average Bonchev–Trinajstić information content (AvgIpc) is 2.45. The Bertz CT molecular complexity index is 541. The van der Waals surface area contributed by atoms with Crippen LogP contribution in [-0.4, -0.2) is 30.7 Å². The molecular formula is C18H25NO4. The number of nitrogens with one attached hydrogen (secondary N) is 1. The van der Waals surface area contributed by atoms with Crippen LogP contribution in [0, 0.1) is 0 Å². The number of rotatable bonds is 7. The molecule has 1 aromatic rings. The Morgan fingerprint density at radius 1 is 1.17 bits per heavy atom. The smallest absolute Gasteiger partial charge is 0.330 e. The van der Waals surface area contributed by atoms with Crippen LogP contribution in [0.4, 0.5) is 0 Å². The fourth-order valence-electron chi connectivity index (χ4n) is 1.79. The molecule has 23 heavy (non-hydrogen) atoms. The molecule has 0 saturated heterocycles. The highest BCUT2D eigenvalue weighted by molar-refractivity contribution is 5.87. The van der Waals surface area contributed by atoms with Crippen molar-refractivity contribution in [2.45, 2.75) is 39.8 Å². The molecule has 0 fully saturated rings. The molecule has 1 rings (SSSR count). The van der Waals surface area contributed by atoms with Gasteiger partial charge >= 0.3 is 11.9 Å². The lowest BCUT2D eigenvalue weighted by molar-refractivity contribution is -0.153. The molecule has 0 unspecified atom stereocenters. The molecule has 0 atom stereocenters. The Morgan fingerprint density at radius 2 is 1.83 bits per heavy atom. The van der Waals surface area contributed by atoms with Crippen LogP contribution < -0.4 is 5.32 Å². The van der Waals surface area contributed by atoms with Crippen molar-refractivity contribution in [1.82, 2.24) is 5.32 Å². The van der Waals surface area contributed by atoms with Crippen LogP contribution in [0.15, 0.2) is 30.3 Å². The van der Waals surface area contributed by atoms with E-state index >= 15 is 0 Å². The van der Waals surface area contributed by atoms with Gasteiger partial charge in [0.15, 0.2) is 0 Å². The highest BCUT2D eigenvalue weighted by atomic mass is 16.6. The number of benzene rings is 1. The van der Waals surface area contributed by atoms with Crippen molar-refractivity contribution in [3.63, 3.8) is 0 Å². The summed E-state index contributed by atoms with van der Waals surface area (Å²) >= 11 is 0.